The van der Waals surface area contributed by atoms with Crippen molar-refractivity contribution in [2.24, 2.45) is 22.9 Å². The Hall–Kier alpha value is -1.22. The molecule has 8 nitrogen and oxygen atoms in total. The maximum Gasteiger partial charge on any atom is 0.321 e. The molecular formula is C6H16N4O4. The van der Waals surface area contributed by atoms with Crippen molar-refractivity contribution in [2.75, 3.05) is 13.1 Å². The number of hydrogen-bond donors (Lipinski definition) is 6. The van der Waals surface area contributed by atoms with Crippen molar-refractivity contribution in [3.8, 4) is 0 Å². The van der Waals surface area contributed by atoms with E-state index in [1.807, 2.05) is 0 Å². The van der Waals surface area contributed by atoms with E-state index in [2.05, 4.69) is 0 Å². The molecule has 0 aromatic rings. The molecule has 0 spiro atoms. The molecule has 0 aliphatic heterocycles. The monoisotopic (exact) mass is 208 g/mol. The Morgan fingerprint density at radius 2 is 1.14 bits per heavy atom. The maximum atomic E-state index is 9.73. The quantitative estimate of drug-likeness (QED) is 0.278. The van der Waals surface area contributed by atoms with Gasteiger partial charge in [-0.25, -0.2) is 0 Å². The number of carbonyl (C=O) groups is 2. The van der Waals surface area contributed by atoms with E-state index in [9.17, 15) is 9.59 Å². The number of hydrogen-bond acceptors (Lipinski definition) is 6. The van der Waals surface area contributed by atoms with E-state index in [0.717, 1.165) is 0 Å². The van der Waals surface area contributed by atoms with Crippen LogP contribution in [0, 0.1) is 0 Å². The number of nitrogens with two attached hydrogens (primary N) is 4. The van der Waals surface area contributed by atoms with Crippen molar-refractivity contribution < 1.29 is 19.8 Å². The van der Waals surface area contributed by atoms with Gasteiger partial charge in [0, 0.05) is 13.1 Å². The molecule has 0 aliphatic rings. The van der Waals surface area contributed by atoms with Crippen molar-refractivity contribution in [1.82, 2.24) is 0 Å². The summed E-state index contributed by atoms with van der Waals surface area (Å²) in [7, 11) is 0. The first-order chi connectivity index (χ1) is 6.36. The van der Waals surface area contributed by atoms with Crippen LogP contribution in [0.1, 0.15) is 0 Å². The average molecular weight is 208 g/mol. The largest absolute Gasteiger partial charge is 0.480 e. The van der Waals surface area contributed by atoms with Crippen LogP contribution in [0.3, 0.4) is 0 Å². The van der Waals surface area contributed by atoms with Crippen LogP contribution in [0.5, 0.6) is 0 Å². The van der Waals surface area contributed by atoms with Gasteiger partial charge in [-0.15, -0.1) is 0 Å². The zero-order valence-electron chi connectivity index (χ0n) is 7.59. The second-order valence-corrected chi connectivity index (χ2v) is 2.36. The van der Waals surface area contributed by atoms with Crippen LogP contribution in [0.25, 0.3) is 0 Å². The number of rotatable bonds is 4. The van der Waals surface area contributed by atoms with Crippen molar-refractivity contribution in [3.05, 3.63) is 0 Å². The Morgan fingerprint density at radius 1 is 0.929 bits per heavy atom. The van der Waals surface area contributed by atoms with E-state index in [1.165, 1.54) is 0 Å². The molecule has 0 saturated heterocycles. The predicted octanol–water partition coefficient (Wildman–Crippen LogP) is -3.29. The lowest BCUT2D eigenvalue weighted by Gasteiger charge is -1.97. The van der Waals surface area contributed by atoms with E-state index in [1.54, 1.807) is 0 Å². The smallest absolute Gasteiger partial charge is 0.321 e. The van der Waals surface area contributed by atoms with Gasteiger partial charge >= 0.3 is 11.9 Å². The molecule has 0 saturated carbocycles. The van der Waals surface area contributed by atoms with E-state index < -0.39 is 24.0 Å². The molecule has 0 rings (SSSR count). The summed E-state index contributed by atoms with van der Waals surface area (Å²) >= 11 is 0. The van der Waals surface area contributed by atoms with E-state index in [0.29, 0.717) is 0 Å². The molecule has 0 aromatic heterocycles. The molecule has 10 N–H and O–H groups in total. The average Bonchev–Trinajstić information content (AvgIpc) is 2.15. The van der Waals surface area contributed by atoms with Crippen LogP contribution < -0.4 is 22.9 Å². The summed E-state index contributed by atoms with van der Waals surface area (Å²) in [6.07, 6.45) is 0. The molecule has 0 aromatic carbocycles. The molecule has 0 radical (unpaired) electrons. The fraction of sp³-hybridized carbons (Fsp3) is 0.667. The lowest BCUT2D eigenvalue weighted by Crippen LogP contribution is -2.37. The molecule has 0 aliphatic carbocycles. The lowest BCUT2D eigenvalue weighted by molar-refractivity contribution is -0.139. The molecule has 0 fully saturated rings. The number of carboxylic acids is 2. The molecule has 0 bridgehead atoms. The van der Waals surface area contributed by atoms with Gasteiger partial charge in [-0.1, -0.05) is 0 Å². The fourth-order valence-electron chi connectivity index (χ4n) is 0.202. The minimum absolute atomic E-state index is 0.00463. The van der Waals surface area contributed by atoms with E-state index in [-0.39, 0.29) is 13.1 Å². The third-order valence-electron chi connectivity index (χ3n) is 1.14. The van der Waals surface area contributed by atoms with Gasteiger partial charge in [0.25, 0.3) is 0 Å². The van der Waals surface area contributed by atoms with Crippen LogP contribution in [-0.4, -0.2) is 47.3 Å². The van der Waals surface area contributed by atoms with Crippen LogP contribution in [0.15, 0.2) is 0 Å². The summed E-state index contributed by atoms with van der Waals surface area (Å²) < 4.78 is 0. The highest BCUT2D eigenvalue weighted by Crippen LogP contribution is 1.69. The van der Waals surface area contributed by atoms with Crippen LogP contribution in [0.2, 0.25) is 0 Å². The zero-order valence-corrected chi connectivity index (χ0v) is 7.59. The van der Waals surface area contributed by atoms with Gasteiger partial charge in [-0.2, -0.15) is 0 Å². The highest BCUT2D eigenvalue weighted by Gasteiger charge is 2.06. The van der Waals surface area contributed by atoms with Crippen molar-refractivity contribution >= 4 is 11.9 Å². The Bertz CT molecular complexity index is 167. The summed E-state index contributed by atoms with van der Waals surface area (Å²) in [5.74, 6) is -2.11. The second kappa shape index (κ2) is 8.38. The van der Waals surface area contributed by atoms with Crippen LogP contribution in [0.4, 0.5) is 0 Å². The summed E-state index contributed by atoms with van der Waals surface area (Å²) in [5.41, 5.74) is 19.5. The third-order valence-corrected chi connectivity index (χ3v) is 1.14. The van der Waals surface area contributed by atoms with Crippen molar-refractivity contribution in [1.29, 1.82) is 0 Å². The SMILES string of the molecule is NC[C@@H](N)C(=O)O.NC[C@H](N)C(=O)O. The molecular weight excluding hydrogens is 192 g/mol. The Labute approximate surface area is 80.8 Å². The fourth-order valence-corrected chi connectivity index (χ4v) is 0.202. The zero-order chi connectivity index (χ0) is 11.7. The molecule has 14 heavy (non-hydrogen) atoms. The van der Waals surface area contributed by atoms with Gasteiger partial charge in [0.2, 0.25) is 0 Å². The first-order valence-corrected chi connectivity index (χ1v) is 3.73. The lowest BCUT2D eigenvalue weighted by atomic mass is 10.3. The van der Waals surface area contributed by atoms with Gasteiger partial charge in [0.05, 0.1) is 0 Å². The van der Waals surface area contributed by atoms with Gasteiger partial charge in [0.1, 0.15) is 12.1 Å². The standard InChI is InChI=1S/2C3H8N2O2/c2*4-1-2(5)3(6)7/h2*2H,1,4-5H2,(H,6,7)/t2*2-/m10/s1. The van der Waals surface area contributed by atoms with Crippen molar-refractivity contribution in [3.63, 3.8) is 0 Å². The van der Waals surface area contributed by atoms with Crippen molar-refractivity contribution in [2.45, 2.75) is 12.1 Å². The highest BCUT2D eigenvalue weighted by atomic mass is 16.4. The maximum absolute atomic E-state index is 9.73. The normalized spacial score (nSPS) is 13.4. The van der Waals surface area contributed by atoms with Crippen LogP contribution in [-0.2, 0) is 9.59 Å². The molecule has 84 valence electrons. The third kappa shape index (κ3) is 8.87. The minimum atomic E-state index is -1.05. The van der Waals surface area contributed by atoms with Gasteiger partial charge < -0.3 is 33.1 Å². The topological polar surface area (TPSA) is 179 Å². The summed E-state index contributed by atoms with van der Waals surface area (Å²) in [6, 6.07) is -1.81. The van der Waals surface area contributed by atoms with Gasteiger partial charge in [0.15, 0.2) is 0 Å². The molecule has 2 atom stereocenters. The summed E-state index contributed by atoms with van der Waals surface area (Å²) in [5, 5.41) is 16.0. The first-order valence-electron chi connectivity index (χ1n) is 3.73. The van der Waals surface area contributed by atoms with E-state index >= 15 is 0 Å². The van der Waals surface area contributed by atoms with Gasteiger partial charge in [-0.05, 0) is 0 Å². The summed E-state index contributed by atoms with van der Waals surface area (Å²) in [6.45, 7) is -0.00926. The Kier molecular flexibility index (Phi) is 9.14. The predicted molar refractivity (Wildman–Crippen MR) is 49.3 cm³/mol. The summed E-state index contributed by atoms with van der Waals surface area (Å²) in [4.78, 5) is 19.5. The Morgan fingerprint density at radius 3 is 1.14 bits per heavy atom. The Balaban J connectivity index is 0. The first kappa shape index (κ1) is 15.3. The molecule has 0 heterocycles. The molecule has 8 heteroatoms. The highest BCUT2D eigenvalue weighted by molar-refractivity contribution is 5.73. The minimum Gasteiger partial charge on any atom is -0.480 e. The molecule has 0 amide bonds. The second-order valence-electron chi connectivity index (χ2n) is 2.36. The van der Waals surface area contributed by atoms with Crippen LogP contribution >= 0.6 is 0 Å². The number of carboxylic acid groups (broad SMARTS) is 2. The van der Waals surface area contributed by atoms with Gasteiger partial charge in [-0.3, -0.25) is 9.59 Å². The molecule has 0 unspecified atom stereocenters. The number of aliphatic carboxylic acids is 2. The van der Waals surface area contributed by atoms with E-state index in [4.69, 9.17) is 33.1 Å².